The van der Waals surface area contributed by atoms with E-state index in [1.54, 1.807) is 4.90 Å². The lowest BCUT2D eigenvalue weighted by Gasteiger charge is -2.25. The Morgan fingerprint density at radius 1 is 1.30 bits per heavy atom. The number of carbonyl (C=O) groups excluding carboxylic acids is 1. The molecular formula is C19H24N2O7S2. The van der Waals surface area contributed by atoms with Crippen LogP contribution in [-0.4, -0.2) is 73.2 Å². The number of rotatable bonds is 9. The molecule has 2 aliphatic heterocycles. The number of carboxylic acids is 1. The van der Waals surface area contributed by atoms with E-state index in [9.17, 15) is 18.0 Å². The first-order valence-electron chi connectivity index (χ1n) is 9.59. The highest BCUT2D eigenvalue weighted by molar-refractivity contribution is 8.16. The van der Waals surface area contributed by atoms with E-state index in [2.05, 4.69) is 11.9 Å². The van der Waals surface area contributed by atoms with Crippen LogP contribution in [0, 0.1) is 0 Å². The Kier molecular flexibility index (Phi) is 7.37. The first-order valence-corrected chi connectivity index (χ1v) is 12.3. The number of fused-ring (bicyclic) bond motifs is 1. The summed E-state index contributed by atoms with van der Waals surface area (Å²) >= 11 is 1.25. The zero-order valence-electron chi connectivity index (χ0n) is 16.5. The van der Waals surface area contributed by atoms with Crippen LogP contribution in [0.25, 0.3) is 0 Å². The first-order chi connectivity index (χ1) is 14.3. The standard InChI is InChI=1S/C19H24N2O7S2/c1-2-3-7-28-14-6-4-5-13(8-14)21-15-11-30(25,26)12-16(15)29-19(21)20-17(22)9-27-10-18(23)24/h4-6,8,15-16H,2-3,7,9-12H2,1H3,(H,23,24)/t15-,16-/m0/s1. The monoisotopic (exact) mass is 456 g/mol. The Hall–Kier alpha value is -2.11. The molecule has 1 N–H and O–H groups in total. The van der Waals surface area contributed by atoms with Crippen LogP contribution in [0.5, 0.6) is 5.75 Å². The largest absolute Gasteiger partial charge is 0.494 e. The smallest absolute Gasteiger partial charge is 0.329 e. The van der Waals surface area contributed by atoms with Gasteiger partial charge in [0.1, 0.15) is 19.0 Å². The molecule has 0 aromatic heterocycles. The summed E-state index contributed by atoms with van der Waals surface area (Å²) in [6.07, 6.45) is 1.93. The van der Waals surface area contributed by atoms with Crippen LogP contribution >= 0.6 is 11.8 Å². The molecule has 11 heteroatoms. The van der Waals surface area contributed by atoms with Crippen molar-refractivity contribution in [1.29, 1.82) is 0 Å². The number of aliphatic imine (C=N–C) groups is 1. The number of hydrogen-bond acceptors (Lipinski definition) is 7. The number of sulfone groups is 1. The molecule has 2 fully saturated rings. The maximum Gasteiger partial charge on any atom is 0.329 e. The highest BCUT2D eigenvalue weighted by atomic mass is 32.2. The molecule has 2 aliphatic rings. The zero-order chi connectivity index (χ0) is 21.7. The van der Waals surface area contributed by atoms with Crippen LogP contribution in [0.3, 0.4) is 0 Å². The third kappa shape index (κ3) is 5.73. The number of carboxylic acid groups (broad SMARTS) is 1. The average Bonchev–Trinajstić information content (AvgIpc) is 3.12. The zero-order valence-corrected chi connectivity index (χ0v) is 18.2. The van der Waals surface area contributed by atoms with Crippen LogP contribution in [0.1, 0.15) is 19.8 Å². The van der Waals surface area contributed by atoms with Crippen molar-refractivity contribution in [2.45, 2.75) is 31.1 Å². The highest BCUT2D eigenvalue weighted by Gasteiger charge is 2.49. The van der Waals surface area contributed by atoms with Crippen LogP contribution in [0.15, 0.2) is 29.3 Å². The maximum atomic E-state index is 12.2. The normalized spacial score (nSPS) is 23.5. The van der Waals surface area contributed by atoms with E-state index in [0.29, 0.717) is 23.2 Å². The number of aliphatic carboxylic acids is 1. The quantitative estimate of drug-likeness (QED) is 0.552. The molecule has 1 aromatic rings. The van der Waals surface area contributed by atoms with Gasteiger partial charge in [0.05, 0.1) is 24.2 Å². The minimum Gasteiger partial charge on any atom is -0.494 e. The molecule has 9 nitrogen and oxygen atoms in total. The van der Waals surface area contributed by atoms with Crippen LogP contribution in [0.4, 0.5) is 5.69 Å². The predicted molar refractivity (Wildman–Crippen MR) is 114 cm³/mol. The van der Waals surface area contributed by atoms with Gasteiger partial charge in [0, 0.05) is 17.0 Å². The summed E-state index contributed by atoms with van der Waals surface area (Å²) in [5.41, 5.74) is 0.694. The average molecular weight is 457 g/mol. The highest BCUT2D eigenvalue weighted by Crippen LogP contribution is 2.41. The van der Waals surface area contributed by atoms with Gasteiger partial charge in [0.2, 0.25) is 0 Å². The Morgan fingerprint density at radius 2 is 2.10 bits per heavy atom. The molecular weight excluding hydrogens is 432 g/mol. The van der Waals surface area contributed by atoms with Crippen LogP contribution < -0.4 is 9.64 Å². The first kappa shape index (κ1) is 22.6. The van der Waals surface area contributed by atoms with Crippen molar-refractivity contribution in [3.63, 3.8) is 0 Å². The summed E-state index contributed by atoms with van der Waals surface area (Å²) in [6, 6.07) is 6.93. The number of nitrogens with zero attached hydrogens (tertiary/aromatic N) is 2. The molecule has 0 saturated carbocycles. The van der Waals surface area contributed by atoms with Gasteiger partial charge in [-0.15, -0.1) is 0 Å². The van der Waals surface area contributed by atoms with E-state index in [0.717, 1.165) is 12.8 Å². The van der Waals surface area contributed by atoms with Crippen molar-refractivity contribution >= 4 is 44.3 Å². The molecule has 164 valence electrons. The van der Waals surface area contributed by atoms with Gasteiger partial charge in [-0.1, -0.05) is 31.2 Å². The van der Waals surface area contributed by atoms with Crippen LogP contribution in [0.2, 0.25) is 0 Å². The molecule has 0 bridgehead atoms. The van der Waals surface area contributed by atoms with E-state index in [1.807, 2.05) is 24.3 Å². The minimum atomic E-state index is -3.17. The second-order valence-corrected chi connectivity index (χ2v) is 10.4. The van der Waals surface area contributed by atoms with Crippen molar-refractivity contribution in [3.8, 4) is 5.75 Å². The van der Waals surface area contributed by atoms with Crippen molar-refractivity contribution in [2.75, 3.05) is 36.2 Å². The Labute approximate surface area is 179 Å². The second kappa shape index (κ2) is 9.80. The Balaban J connectivity index is 1.83. The summed E-state index contributed by atoms with van der Waals surface area (Å²) < 4.78 is 34.9. The molecule has 2 atom stereocenters. The molecule has 0 aliphatic carbocycles. The van der Waals surface area contributed by atoms with E-state index in [4.69, 9.17) is 14.6 Å². The van der Waals surface area contributed by atoms with Gasteiger partial charge in [-0.3, -0.25) is 4.79 Å². The van der Waals surface area contributed by atoms with E-state index >= 15 is 0 Å². The number of benzene rings is 1. The molecule has 3 rings (SSSR count). The number of amidine groups is 1. The lowest BCUT2D eigenvalue weighted by molar-refractivity contribution is -0.143. The lowest BCUT2D eigenvalue weighted by atomic mass is 10.2. The Bertz CT molecular complexity index is 933. The third-order valence-corrected chi connectivity index (χ3v) is 7.81. The van der Waals surface area contributed by atoms with E-state index in [-0.39, 0.29) is 22.8 Å². The van der Waals surface area contributed by atoms with Crippen molar-refractivity contribution in [2.24, 2.45) is 4.99 Å². The molecule has 0 unspecified atom stereocenters. The van der Waals surface area contributed by atoms with Gasteiger partial charge < -0.3 is 19.5 Å². The van der Waals surface area contributed by atoms with E-state index in [1.165, 1.54) is 11.8 Å². The molecule has 30 heavy (non-hydrogen) atoms. The van der Waals surface area contributed by atoms with Crippen molar-refractivity contribution in [3.05, 3.63) is 24.3 Å². The lowest BCUT2D eigenvalue weighted by Crippen LogP contribution is -2.37. The number of anilines is 1. The van der Waals surface area contributed by atoms with Gasteiger partial charge in [-0.05, 0) is 18.6 Å². The molecule has 2 saturated heterocycles. The predicted octanol–water partition coefficient (Wildman–Crippen LogP) is 1.57. The summed E-state index contributed by atoms with van der Waals surface area (Å²) in [6.45, 7) is 1.60. The summed E-state index contributed by atoms with van der Waals surface area (Å²) in [5, 5.41) is 8.76. The topological polar surface area (TPSA) is 123 Å². The number of thioether (sulfide) groups is 1. The molecule has 1 amide bonds. The van der Waals surface area contributed by atoms with Gasteiger partial charge >= 0.3 is 5.97 Å². The number of unbranched alkanes of at least 4 members (excludes halogenated alkanes) is 1. The Morgan fingerprint density at radius 3 is 2.83 bits per heavy atom. The molecule has 1 aromatic carbocycles. The van der Waals surface area contributed by atoms with Crippen molar-refractivity contribution in [1.82, 2.24) is 0 Å². The molecule has 2 heterocycles. The third-order valence-electron chi connectivity index (χ3n) is 4.60. The van der Waals surface area contributed by atoms with Crippen molar-refractivity contribution < 1.29 is 32.6 Å². The van der Waals surface area contributed by atoms with E-state index < -0.39 is 34.9 Å². The number of hydrogen-bond donors (Lipinski definition) is 1. The summed E-state index contributed by atoms with van der Waals surface area (Å²) in [7, 11) is -3.17. The fourth-order valence-corrected chi connectivity index (χ4v) is 7.22. The maximum absolute atomic E-state index is 12.2. The number of amides is 1. The fourth-order valence-electron chi connectivity index (χ4n) is 3.29. The van der Waals surface area contributed by atoms with Gasteiger partial charge in [-0.2, -0.15) is 4.99 Å². The molecule has 0 radical (unpaired) electrons. The van der Waals surface area contributed by atoms with Gasteiger partial charge in [0.15, 0.2) is 15.0 Å². The SMILES string of the molecule is CCCCOc1cccc(N2C(=NC(=O)COCC(=O)O)S[C@H]3CS(=O)(=O)C[C@@H]32)c1. The summed E-state index contributed by atoms with van der Waals surface area (Å²) in [4.78, 5) is 28.5. The van der Waals surface area contributed by atoms with Crippen LogP contribution in [-0.2, 0) is 24.2 Å². The molecule has 0 spiro atoms. The fraction of sp³-hybridized carbons (Fsp3) is 0.526. The van der Waals surface area contributed by atoms with Gasteiger partial charge in [0.25, 0.3) is 5.91 Å². The van der Waals surface area contributed by atoms with Gasteiger partial charge in [-0.25, -0.2) is 13.2 Å². The minimum absolute atomic E-state index is 0.0195. The second-order valence-electron chi connectivity index (χ2n) is 7.04. The summed E-state index contributed by atoms with van der Waals surface area (Å²) in [5.74, 6) is -1.14. The number of carbonyl (C=O) groups is 2. The number of ether oxygens (including phenoxy) is 2.